The van der Waals surface area contributed by atoms with Crippen LogP contribution in [-0.4, -0.2) is 96.9 Å². The molecule has 3 rings (SSSR count). The van der Waals surface area contributed by atoms with Gasteiger partial charge in [0.25, 0.3) is 0 Å². The van der Waals surface area contributed by atoms with Crippen LogP contribution in [0.3, 0.4) is 0 Å². The fourth-order valence-electron chi connectivity index (χ4n) is 7.82. The molecule has 3 heterocycles. The average molecular weight is 619 g/mol. The molecular weight excluding hydrogens is 555 g/mol. The largest absolute Gasteiger partial charge is 0.350 e. The van der Waals surface area contributed by atoms with Gasteiger partial charge in [0.2, 0.25) is 11.8 Å². The van der Waals surface area contributed by atoms with E-state index in [1.54, 1.807) is 13.0 Å². The van der Waals surface area contributed by atoms with Crippen LogP contribution in [0.5, 0.6) is 0 Å². The quantitative estimate of drug-likeness (QED) is 0.177. The lowest BCUT2D eigenvalue weighted by molar-refractivity contribution is -0.133. The molecular formula is C35H63FN6O2. The van der Waals surface area contributed by atoms with Crippen molar-refractivity contribution < 1.29 is 14.0 Å². The number of aliphatic imine (C=N–C) groups is 1. The smallest absolute Gasteiger partial charge is 0.227 e. The number of nitrogens with two attached hydrogens (primary N) is 1. The number of rotatable bonds is 15. The van der Waals surface area contributed by atoms with Gasteiger partial charge in [-0.1, -0.05) is 78.2 Å². The predicted octanol–water partition coefficient (Wildman–Crippen LogP) is 5.02. The SMILES string of the molecule is CCCCCCCC1(N2CCN(C(C)=O)CC2)CCNCC1NC(=O)C(C(C)N)C1CC(C)(CCCCC)/C=C\C(F)C=N1. The number of allylic oxidation sites excluding steroid dienone is 2. The summed E-state index contributed by atoms with van der Waals surface area (Å²) in [6, 6.07) is -0.927. The molecule has 7 atom stereocenters. The van der Waals surface area contributed by atoms with E-state index in [9.17, 15) is 14.0 Å². The molecule has 0 aromatic carbocycles. The van der Waals surface area contributed by atoms with Crippen LogP contribution in [0.1, 0.15) is 112 Å². The van der Waals surface area contributed by atoms with Gasteiger partial charge in [0.15, 0.2) is 6.17 Å². The van der Waals surface area contributed by atoms with Crippen molar-refractivity contribution in [3.63, 3.8) is 0 Å². The summed E-state index contributed by atoms with van der Waals surface area (Å²) in [5.74, 6) is -0.515. The second kappa shape index (κ2) is 17.7. The monoisotopic (exact) mass is 618 g/mol. The van der Waals surface area contributed by atoms with Crippen molar-refractivity contribution in [1.82, 2.24) is 20.4 Å². The Balaban J connectivity index is 1.85. The van der Waals surface area contributed by atoms with Gasteiger partial charge in [0.1, 0.15) is 0 Å². The Bertz CT molecular complexity index is 952. The summed E-state index contributed by atoms with van der Waals surface area (Å²) in [6.45, 7) is 14.8. The second-order valence-electron chi connectivity index (χ2n) is 14.1. The van der Waals surface area contributed by atoms with Crippen LogP contribution in [0, 0.1) is 11.3 Å². The zero-order valence-corrected chi connectivity index (χ0v) is 28.5. The highest BCUT2D eigenvalue weighted by molar-refractivity contribution is 5.81. The van der Waals surface area contributed by atoms with Crippen molar-refractivity contribution in [3.8, 4) is 0 Å². The summed E-state index contributed by atoms with van der Waals surface area (Å²) in [7, 11) is 0. The highest BCUT2D eigenvalue weighted by atomic mass is 19.1. The third-order valence-electron chi connectivity index (χ3n) is 10.5. The Labute approximate surface area is 267 Å². The first kappa shape index (κ1) is 36.6. The van der Waals surface area contributed by atoms with Crippen LogP contribution in [-0.2, 0) is 9.59 Å². The Morgan fingerprint density at radius 3 is 2.39 bits per heavy atom. The van der Waals surface area contributed by atoms with Gasteiger partial charge in [0.05, 0.1) is 18.0 Å². The number of piperazine rings is 1. The molecule has 9 heteroatoms. The van der Waals surface area contributed by atoms with Crippen LogP contribution in [0.15, 0.2) is 17.1 Å². The summed E-state index contributed by atoms with van der Waals surface area (Å²) in [5, 5.41) is 7.07. The maximum Gasteiger partial charge on any atom is 0.227 e. The van der Waals surface area contributed by atoms with Crippen molar-refractivity contribution >= 4 is 18.0 Å². The van der Waals surface area contributed by atoms with Gasteiger partial charge in [0, 0.05) is 57.4 Å². The number of carbonyl (C=O) groups is 2. The number of alkyl halides is 1. The van der Waals surface area contributed by atoms with E-state index in [-0.39, 0.29) is 28.8 Å². The molecule has 3 aliphatic rings. The molecule has 0 bridgehead atoms. The second-order valence-corrected chi connectivity index (χ2v) is 14.1. The first-order valence-electron chi connectivity index (χ1n) is 17.7. The number of nitrogens with zero attached hydrogens (tertiary/aromatic N) is 3. The number of piperidine rings is 1. The molecule has 0 aromatic heterocycles. The fourth-order valence-corrected chi connectivity index (χ4v) is 7.82. The summed E-state index contributed by atoms with van der Waals surface area (Å²) in [5.41, 5.74) is 6.14. The van der Waals surface area contributed by atoms with Crippen molar-refractivity contribution in [2.75, 3.05) is 39.3 Å². The minimum Gasteiger partial charge on any atom is -0.350 e. The average Bonchev–Trinajstić information content (AvgIpc) is 2.99. The van der Waals surface area contributed by atoms with Gasteiger partial charge in [-0.15, -0.1) is 0 Å². The van der Waals surface area contributed by atoms with Crippen molar-refractivity contribution in [3.05, 3.63) is 12.2 Å². The molecule has 44 heavy (non-hydrogen) atoms. The van der Waals surface area contributed by atoms with Crippen molar-refractivity contribution in [2.24, 2.45) is 22.1 Å². The Morgan fingerprint density at radius 1 is 1.07 bits per heavy atom. The number of unbranched alkanes of at least 4 members (excludes halogenated alkanes) is 6. The Morgan fingerprint density at radius 2 is 1.73 bits per heavy atom. The van der Waals surface area contributed by atoms with Crippen LogP contribution in [0.25, 0.3) is 0 Å². The minimum atomic E-state index is -1.27. The lowest BCUT2D eigenvalue weighted by atomic mass is 9.73. The van der Waals surface area contributed by atoms with E-state index < -0.39 is 24.2 Å². The van der Waals surface area contributed by atoms with Crippen LogP contribution in [0.2, 0.25) is 0 Å². The van der Waals surface area contributed by atoms with Crippen molar-refractivity contribution in [2.45, 2.75) is 142 Å². The molecule has 2 saturated heterocycles. The van der Waals surface area contributed by atoms with E-state index in [0.717, 1.165) is 77.7 Å². The van der Waals surface area contributed by atoms with Gasteiger partial charge < -0.3 is 21.3 Å². The van der Waals surface area contributed by atoms with E-state index in [2.05, 4.69) is 36.3 Å². The topological polar surface area (TPSA) is 103 Å². The number of hydrogen-bond acceptors (Lipinski definition) is 6. The highest BCUT2D eigenvalue weighted by Crippen LogP contribution is 2.38. The maximum absolute atomic E-state index is 14.7. The van der Waals surface area contributed by atoms with E-state index in [0.29, 0.717) is 13.0 Å². The van der Waals surface area contributed by atoms with Gasteiger partial charge in [-0.05, 0) is 50.6 Å². The zero-order valence-electron chi connectivity index (χ0n) is 28.5. The van der Waals surface area contributed by atoms with Crippen LogP contribution in [0.4, 0.5) is 4.39 Å². The fraction of sp³-hybridized carbons (Fsp3) is 0.857. The summed E-state index contributed by atoms with van der Waals surface area (Å²) < 4.78 is 14.7. The summed E-state index contributed by atoms with van der Waals surface area (Å²) in [6.07, 6.45) is 16.6. The van der Waals surface area contributed by atoms with Crippen LogP contribution < -0.4 is 16.4 Å². The lowest BCUT2D eigenvalue weighted by Gasteiger charge is -2.54. The predicted molar refractivity (Wildman–Crippen MR) is 180 cm³/mol. The lowest BCUT2D eigenvalue weighted by Crippen LogP contribution is -2.71. The van der Waals surface area contributed by atoms with Gasteiger partial charge in [-0.25, -0.2) is 4.39 Å². The van der Waals surface area contributed by atoms with Gasteiger partial charge in [-0.2, -0.15) is 0 Å². The van der Waals surface area contributed by atoms with Gasteiger partial charge in [-0.3, -0.25) is 19.5 Å². The normalized spacial score (nSPS) is 32.0. The first-order chi connectivity index (χ1) is 21.0. The Hall–Kier alpha value is -1.84. The number of carbonyl (C=O) groups excluding carboxylic acids is 2. The third kappa shape index (κ3) is 10.1. The van der Waals surface area contributed by atoms with E-state index >= 15 is 0 Å². The highest BCUT2D eigenvalue weighted by Gasteiger charge is 2.48. The Kier molecular flexibility index (Phi) is 14.8. The number of amides is 2. The van der Waals surface area contributed by atoms with E-state index in [4.69, 9.17) is 10.7 Å². The number of halogens is 1. The molecule has 0 saturated carbocycles. The molecule has 8 nitrogen and oxygen atoms in total. The number of nitrogens with one attached hydrogen (secondary N) is 2. The molecule has 0 spiro atoms. The van der Waals surface area contributed by atoms with Gasteiger partial charge >= 0.3 is 0 Å². The number of hydrogen-bond donors (Lipinski definition) is 3. The van der Waals surface area contributed by atoms with Crippen molar-refractivity contribution in [1.29, 1.82) is 0 Å². The third-order valence-corrected chi connectivity index (χ3v) is 10.5. The molecule has 0 aromatic rings. The van der Waals surface area contributed by atoms with Crippen LogP contribution >= 0.6 is 0 Å². The molecule has 3 aliphatic heterocycles. The standard InChI is InChI=1S/C35H63FN6O2/c1-6-8-10-11-13-16-35(42-22-20-41(21-23-42)28(4)43)18-19-38-26-31(35)40-33(44)32(27(3)37)30-24-34(5,15-12-9-7-2)17-14-29(36)25-39-30/h14,17,25,27,29-32,38H,6-13,15-16,18-24,26,37H2,1-5H3,(H,40,44)/b17-14-,39-25?. The summed E-state index contributed by atoms with van der Waals surface area (Å²) >= 11 is 0. The maximum atomic E-state index is 14.7. The first-order valence-corrected chi connectivity index (χ1v) is 17.7. The van der Waals surface area contributed by atoms with E-state index in [1.807, 2.05) is 17.9 Å². The molecule has 0 radical (unpaired) electrons. The zero-order chi connectivity index (χ0) is 32.2. The molecule has 0 aliphatic carbocycles. The molecule has 7 unspecified atom stereocenters. The minimum absolute atomic E-state index is 0.0792. The molecule has 2 fully saturated rings. The molecule has 4 N–H and O–H groups in total. The summed E-state index contributed by atoms with van der Waals surface area (Å²) in [4.78, 5) is 35.7. The molecule has 2 amide bonds. The van der Waals surface area contributed by atoms with E-state index in [1.165, 1.54) is 31.9 Å². The molecule has 252 valence electrons.